The molecule has 0 atom stereocenters. The molecule has 0 amide bonds. The smallest absolute Gasteiger partial charge is 0.271 e. The molecule has 2 aromatic carbocycles. The first-order chi connectivity index (χ1) is 9.45. The SMILES string of the molecule is O=[N+]([O-])c1ccc(Cl)c(NCc2cc(F)cc(Cl)c2)c1. The van der Waals surface area contributed by atoms with Crippen LogP contribution in [0.2, 0.25) is 10.0 Å². The Morgan fingerprint density at radius 1 is 1.20 bits per heavy atom. The molecule has 4 nitrogen and oxygen atoms in total. The first-order valence-corrected chi connectivity index (χ1v) is 6.34. The van der Waals surface area contributed by atoms with Gasteiger partial charge in [-0.25, -0.2) is 4.39 Å². The molecule has 0 heterocycles. The summed E-state index contributed by atoms with van der Waals surface area (Å²) in [4.78, 5) is 10.2. The van der Waals surface area contributed by atoms with Crippen LogP contribution in [0.15, 0.2) is 36.4 Å². The van der Waals surface area contributed by atoms with Crippen molar-refractivity contribution in [2.24, 2.45) is 0 Å². The minimum atomic E-state index is -0.513. The maximum atomic E-state index is 13.2. The van der Waals surface area contributed by atoms with E-state index < -0.39 is 10.7 Å². The molecule has 0 aliphatic heterocycles. The lowest BCUT2D eigenvalue weighted by atomic mass is 10.2. The van der Waals surface area contributed by atoms with Crippen molar-refractivity contribution in [3.05, 3.63) is 67.9 Å². The van der Waals surface area contributed by atoms with Gasteiger partial charge in [0.15, 0.2) is 0 Å². The fraction of sp³-hybridized carbons (Fsp3) is 0.0769. The molecular weight excluding hydrogens is 306 g/mol. The standard InChI is InChI=1S/C13H9Cl2FN2O2/c14-9-3-8(4-10(16)5-9)7-17-13-6-11(18(19)20)1-2-12(13)15/h1-6,17H,7H2. The number of hydrogen-bond acceptors (Lipinski definition) is 3. The van der Waals surface area contributed by atoms with Gasteiger partial charge >= 0.3 is 0 Å². The highest BCUT2D eigenvalue weighted by atomic mass is 35.5. The van der Waals surface area contributed by atoms with Crippen LogP contribution in [0.1, 0.15) is 5.56 Å². The number of benzene rings is 2. The Labute approximate surface area is 124 Å². The van der Waals surface area contributed by atoms with E-state index in [9.17, 15) is 14.5 Å². The number of halogens is 3. The predicted molar refractivity (Wildman–Crippen MR) is 76.8 cm³/mol. The van der Waals surface area contributed by atoms with Gasteiger partial charge in [0.1, 0.15) is 5.82 Å². The van der Waals surface area contributed by atoms with Crippen LogP contribution in [0, 0.1) is 15.9 Å². The van der Waals surface area contributed by atoms with Gasteiger partial charge in [0.05, 0.1) is 15.6 Å². The Morgan fingerprint density at radius 2 is 1.95 bits per heavy atom. The van der Waals surface area contributed by atoms with Crippen molar-refractivity contribution < 1.29 is 9.31 Å². The second-order valence-corrected chi connectivity index (χ2v) is 4.90. The third-order valence-corrected chi connectivity index (χ3v) is 3.11. The number of nitrogens with one attached hydrogen (secondary N) is 1. The molecule has 0 radical (unpaired) electrons. The molecule has 20 heavy (non-hydrogen) atoms. The molecule has 104 valence electrons. The van der Waals surface area contributed by atoms with E-state index in [1.165, 1.54) is 30.3 Å². The van der Waals surface area contributed by atoms with Gasteiger partial charge < -0.3 is 5.32 Å². The Hall–Kier alpha value is -1.85. The van der Waals surface area contributed by atoms with Gasteiger partial charge in [0.2, 0.25) is 0 Å². The first-order valence-electron chi connectivity index (χ1n) is 5.58. The van der Waals surface area contributed by atoms with Crippen molar-refractivity contribution in [2.75, 3.05) is 5.32 Å². The third kappa shape index (κ3) is 3.59. The average molecular weight is 315 g/mol. The molecule has 0 aliphatic rings. The van der Waals surface area contributed by atoms with E-state index in [0.29, 0.717) is 16.3 Å². The van der Waals surface area contributed by atoms with Gasteiger partial charge in [-0.05, 0) is 29.8 Å². The zero-order valence-electron chi connectivity index (χ0n) is 10.1. The number of rotatable bonds is 4. The summed E-state index contributed by atoms with van der Waals surface area (Å²) in [5.41, 5.74) is 0.938. The number of non-ortho nitro benzene ring substituents is 1. The van der Waals surface area contributed by atoms with E-state index in [2.05, 4.69) is 5.32 Å². The molecule has 0 bridgehead atoms. The zero-order chi connectivity index (χ0) is 14.7. The van der Waals surface area contributed by atoms with Crippen LogP contribution in [-0.2, 0) is 6.54 Å². The molecule has 0 spiro atoms. The molecule has 0 fully saturated rings. The highest BCUT2D eigenvalue weighted by Crippen LogP contribution is 2.27. The molecule has 0 saturated heterocycles. The maximum absolute atomic E-state index is 13.2. The van der Waals surface area contributed by atoms with Gasteiger partial charge in [-0.1, -0.05) is 23.2 Å². The Morgan fingerprint density at radius 3 is 2.60 bits per heavy atom. The molecule has 0 unspecified atom stereocenters. The Bertz CT molecular complexity index is 645. The van der Waals surface area contributed by atoms with Crippen molar-refractivity contribution in [3.63, 3.8) is 0 Å². The fourth-order valence-electron chi connectivity index (χ4n) is 1.67. The lowest BCUT2D eigenvalue weighted by molar-refractivity contribution is -0.384. The summed E-state index contributed by atoms with van der Waals surface area (Å²) in [6.07, 6.45) is 0. The molecule has 7 heteroatoms. The van der Waals surface area contributed by atoms with E-state index in [4.69, 9.17) is 23.2 Å². The van der Waals surface area contributed by atoms with Crippen molar-refractivity contribution in [1.82, 2.24) is 0 Å². The normalized spacial score (nSPS) is 10.3. The second kappa shape index (κ2) is 6.07. The third-order valence-electron chi connectivity index (χ3n) is 2.57. The van der Waals surface area contributed by atoms with Gasteiger partial charge in [-0.2, -0.15) is 0 Å². The first kappa shape index (κ1) is 14.6. The van der Waals surface area contributed by atoms with Gasteiger partial charge in [0, 0.05) is 23.7 Å². The minimum Gasteiger partial charge on any atom is -0.380 e. The Kier molecular flexibility index (Phi) is 4.42. The van der Waals surface area contributed by atoms with Gasteiger partial charge in [-0.3, -0.25) is 10.1 Å². The highest BCUT2D eigenvalue weighted by molar-refractivity contribution is 6.33. The van der Waals surface area contributed by atoms with E-state index in [1.54, 1.807) is 6.07 Å². The summed E-state index contributed by atoms with van der Waals surface area (Å²) < 4.78 is 13.2. The molecule has 1 N–H and O–H groups in total. The van der Waals surface area contributed by atoms with E-state index in [1.807, 2.05) is 0 Å². The van der Waals surface area contributed by atoms with E-state index in [0.717, 1.165) is 0 Å². The molecule has 0 saturated carbocycles. The molecular formula is C13H9Cl2FN2O2. The summed E-state index contributed by atoms with van der Waals surface area (Å²) in [6, 6.07) is 8.19. The van der Waals surface area contributed by atoms with Crippen LogP contribution in [0.4, 0.5) is 15.8 Å². The summed E-state index contributed by atoms with van der Waals surface area (Å²) in [6.45, 7) is 0.248. The van der Waals surface area contributed by atoms with Crippen molar-refractivity contribution >= 4 is 34.6 Å². The van der Waals surface area contributed by atoms with Crippen LogP contribution in [0.5, 0.6) is 0 Å². The lowest BCUT2D eigenvalue weighted by Crippen LogP contribution is -2.01. The van der Waals surface area contributed by atoms with Gasteiger partial charge in [-0.15, -0.1) is 0 Å². The summed E-state index contributed by atoms with van der Waals surface area (Å²) >= 11 is 11.7. The van der Waals surface area contributed by atoms with Crippen LogP contribution < -0.4 is 5.32 Å². The predicted octanol–water partition coefficient (Wildman–Crippen LogP) is 4.65. The zero-order valence-corrected chi connectivity index (χ0v) is 11.6. The van der Waals surface area contributed by atoms with Crippen LogP contribution in [0.25, 0.3) is 0 Å². The number of nitro benzene ring substituents is 1. The number of hydrogen-bond donors (Lipinski definition) is 1. The quantitative estimate of drug-likeness (QED) is 0.660. The van der Waals surface area contributed by atoms with Crippen molar-refractivity contribution in [3.8, 4) is 0 Å². The molecule has 2 aromatic rings. The lowest BCUT2D eigenvalue weighted by Gasteiger charge is -2.09. The number of nitro groups is 1. The summed E-state index contributed by atoms with van der Waals surface area (Å²) in [5.74, 6) is -0.445. The monoisotopic (exact) mass is 314 g/mol. The fourth-order valence-corrected chi connectivity index (χ4v) is 2.10. The van der Waals surface area contributed by atoms with Crippen LogP contribution in [-0.4, -0.2) is 4.92 Å². The van der Waals surface area contributed by atoms with Gasteiger partial charge in [0.25, 0.3) is 5.69 Å². The largest absolute Gasteiger partial charge is 0.380 e. The molecule has 2 rings (SSSR count). The second-order valence-electron chi connectivity index (χ2n) is 4.05. The van der Waals surface area contributed by atoms with Crippen LogP contribution in [0.3, 0.4) is 0 Å². The summed E-state index contributed by atoms with van der Waals surface area (Å²) in [7, 11) is 0. The summed E-state index contributed by atoms with van der Waals surface area (Å²) in [5, 5.41) is 14.2. The number of anilines is 1. The highest BCUT2D eigenvalue weighted by Gasteiger charge is 2.09. The van der Waals surface area contributed by atoms with Crippen LogP contribution >= 0.6 is 23.2 Å². The van der Waals surface area contributed by atoms with E-state index >= 15 is 0 Å². The maximum Gasteiger partial charge on any atom is 0.271 e. The minimum absolute atomic E-state index is 0.0748. The van der Waals surface area contributed by atoms with Crippen molar-refractivity contribution in [1.29, 1.82) is 0 Å². The van der Waals surface area contributed by atoms with Crippen molar-refractivity contribution in [2.45, 2.75) is 6.54 Å². The average Bonchev–Trinajstić information content (AvgIpc) is 2.36. The molecule has 0 aliphatic carbocycles. The Balaban J connectivity index is 2.18. The topological polar surface area (TPSA) is 55.2 Å². The number of nitrogens with zero attached hydrogens (tertiary/aromatic N) is 1. The molecule has 0 aromatic heterocycles. The van der Waals surface area contributed by atoms with E-state index in [-0.39, 0.29) is 17.3 Å².